The van der Waals surface area contributed by atoms with Crippen LogP contribution in [0.4, 0.5) is 0 Å². The third kappa shape index (κ3) is 4.50. The van der Waals surface area contributed by atoms with Crippen LogP contribution in [0.3, 0.4) is 0 Å². The maximum atomic E-state index is 13.3. The van der Waals surface area contributed by atoms with Crippen molar-refractivity contribution in [2.24, 2.45) is 29.1 Å². The van der Waals surface area contributed by atoms with Crippen LogP contribution >= 0.6 is 0 Å². The van der Waals surface area contributed by atoms with E-state index in [1.54, 1.807) is 18.5 Å². The number of aliphatic hydroxyl groups is 1. The van der Waals surface area contributed by atoms with E-state index in [-0.39, 0.29) is 11.9 Å². The molecule has 4 aliphatic rings. The second kappa shape index (κ2) is 7.98. The number of hydrogen-bond donors (Lipinski definition) is 2. The van der Waals surface area contributed by atoms with Crippen molar-refractivity contribution >= 4 is 12.1 Å². The Bertz CT molecular complexity index is 894. The molecule has 0 spiro atoms. The van der Waals surface area contributed by atoms with Crippen molar-refractivity contribution in [1.82, 2.24) is 15.1 Å². The zero-order valence-electron chi connectivity index (χ0n) is 19.0. The zero-order valence-corrected chi connectivity index (χ0v) is 19.0. The average Bonchev–Trinajstić information content (AvgIpc) is 3.09. The Morgan fingerprint density at radius 3 is 2.68 bits per heavy atom. The number of amides is 1. The molecule has 1 amide bonds. The molecule has 0 aromatic carbocycles. The fourth-order valence-corrected chi connectivity index (χ4v) is 5.74. The molecule has 5 rings (SSSR count). The summed E-state index contributed by atoms with van der Waals surface area (Å²) in [5, 5.41) is 27.7. The summed E-state index contributed by atoms with van der Waals surface area (Å²) >= 11 is 0. The Kier molecular flexibility index (Phi) is 5.63. The number of nitriles is 1. The summed E-state index contributed by atoms with van der Waals surface area (Å²) in [6, 6.07) is 2.33. The van der Waals surface area contributed by atoms with E-state index in [1.807, 2.05) is 27.7 Å². The molecule has 0 saturated heterocycles. The van der Waals surface area contributed by atoms with Crippen LogP contribution < -0.4 is 10.1 Å². The Morgan fingerprint density at radius 1 is 1.42 bits per heavy atom. The molecule has 1 heterocycles. The van der Waals surface area contributed by atoms with Gasteiger partial charge in [-0.25, -0.2) is 4.68 Å². The molecule has 0 radical (unpaired) electrons. The van der Waals surface area contributed by atoms with Crippen LogP contribution in [0, 0.1) is 40.4 Å². The molecular weight excluding hydrogens is 392 g/mol. The first kappa shape index (κ1) is 21.9. The number of allylic oxidation sites excluding steroid dienone is 1. The van der Waals surface area contributed by atoms with E-state index in [1.165, 1.54) is 4.68 Å². The highest BCUT2D eigenvalue weighted by Gasteiger charge is 2.55. The van der Waals surface area contributed by atoms with E-state index in [4.69, 9.17) is 4.74 Å². The highest BCUT2D eigenvalue weighted by atomic mass is 16.5. The van der Waals surface area contributed by atoms with E-state index in [9.17, 15) is 15.2 Å². The summed E-state index contributed by atoms with van der Waals surface area (Å²) < 4.78 is 7.52. The van der Waals surface area contributed by atoms with Crippen molar-refractivity contribution in [2.45, 2.75) is 71.4 Å². The summed E-state index contributed by atoms with van der Waals surface area (Å²) in [5.74, 6) is 1.79. The predicted octanol–water partition coefficient (Wildman–Crippen LogP) is 3.61. The quantitative estimate of drug-likeness (QED) is 0.694. The standard InChI is InChI=1S/C24H34N4O3/c1-15(2)13-31-22-19(12-26-28(22)6-5-23(3,4)14-25)21(29)27-20-17-7-16-8-18(20)11-24(30,9-16)10-17/h5-6,12,15-18,20,30H,7-11,13H2,1-4H3,(H,27,29). The SMILES string of the molecule is CC(C)COc1c(C(=O)NC2C3CC4CC2CC(O)(C4)C3)cnn1C=CC(C)(C)C#N. The molecule has 4 aliphatic carbocycles. The number of carbonyl (C=O) groups excluding carboxylic acids is 1. The van der Waals surface area contributed by atoms with E-state index >= 15 is 0 Å². The molecule has 2 N–H and O–H groups in total. The number of aromatic nitrogens is 2. The fraction of sp³-hybridized carbons (Fsp3) is 0.708. The third-order valence-electron chi connectivity index (χ3n) is 7.01. The summed E-state index contributed by atoms with van der Waals surface area (Å²) in [4.78, 5) is 13.3. The van der Waals surface area contributed by atoms with Crippen LogP contribution in [0.25, 0.3) is 6.20 Å². The van der Waals surface area contributed by atoms with Crippen LogP contribution in [-0.2, 0) is 0 Å². The van der Waals surface area contributed by atoms with Gasteiger partial charge < -0.3 is 15.2 Å². The molecule has 4 bridgehead atoms. The van der Waals surface area contributed by atoms with Gasteiger partial charge in [0.05, 0.1) is 29.9 Å². The van der Waals surface area contributed by atoms with Crippen LogP contribution in [-0.4, -0.2) is 39.0 Å². The zero-order chi connectivity index (χ0) is 22.4. The van der Waals surface area contributed by atoms with Gasteiger partial charge in [-0.15, -0.1) is 0 Å². The molecule has 4 saturated carbocycles. The van der Waals surface area contributed by atoms with Gasteiger partial charge in [-0.3, -0.25) is 4.79 Å². The lowest BCUT2D eigenvalue weighted by molar-refractivity contribution is -0.136. The highest BCUT2D eigenvalue weighted by molar-refractivity contribution is 5.96. The molecule has 1 aromatic rings. The maximum Gasteiger partial charge on any atom is 0.258 e. The van der Waals surface area contributed by atoms with Gasteiger partial charge in [0.25, 0.3) is 5.91 Å². The lowest BCUT2D eigenvalue weighted by atomic mass is 9.52. The van der Waals surface area contributed by atoms with E-state index in [2.05, 4.69) is 16.5 Å². The lowest BCUT2D eigenvalue weighted by Crippen LogP contribution is -2.61. The van der Waals surface area contributed by atoms with Crippen molar-refractivity contribution in [3.8, 4) is 11.9 Å². The predicted molar refractivity (Wildman–Crippen MR) is 117 cm³/mol. The molecule has 31 heavy (non-hydrogen) atoms. The average molecular weight is 427 g/mol. The minimum absolute atomic E-state index is 0.0960. The summed E-state index contributed by atoms with van der Waals surface area (Å²) in [6.45, 7) is 8.19. The monoisotopic (exact) mass is 426 g/mol. The second-order valence-electron chi connectivity index (χ2n) is 10.9. The Labute approximate surface area is 184 Å². The number of ether oxygens (including phenoxy) is 1. The van der Waals surface area contributed by atoms with Crippen molar-refractivity contribution in [1.29, 1.82) is 5.26 Å². The molecule has 2 unspecified atom stereocenters. The molecule has 7 nitrogen and oxygen atoms in total. The van der Waals surface area contributed by atoms with Crippen LogP contribution in [0.2, 0.25) is 0 Å². The van der Waals surface area contributed by atoms with E-state index in [0.29, 0.717) is 41.7 Å². The molecule has 4 fully saturated rings. The first-order chi connectivity index (χ1) is 14.6. The minimum Gasteiger partial charge on any atom is -0.477 e. The molecule has 7 heteroatoms. The molecule has 168 valence electrons. The maximum absolute atomic E-state index is 13.3. The van der Waals surface area contributed by atoms with Gasteiger partial charge in [-0.1, -0.05) is 13.8 Å². The molecule has 2 atom stereocenters. The van der Waals surface area contributed by atoms with Crippen LogP contribution in [0.15, 0.2) is 12.3 Å². The first-order valence-corrected chi connectivity index (χ1v) is 11.4. The van der Waals surface area contributed by atoms with E-state index < -0.39 is 11.0 Å². The van der Waals surface area contributed by atoms with E-state index in [0.717, 1.165) is 32.1 Å². The Morgan fingerprint density at radius 2 is 2.10 bits per heavy atom. The van der Waals surface area contributed by atoms with Crippen molar-refractivity contribution in [2.75, 3.05) is 6.61 Å². The van der Waals surface area contributed by atoms with Gasteiger partial charge in [0.15, 0.2) is 0 Å². The van der Waals surface area contributed by atoms with Crippen molar-refractivity contribution in [3.05, 3.63) is 17.8 Å². The smallest absolute Gasteiger partial charge is 0.258 e. The van der Waals surface area contributed by atoms with Gasteiger partial charge in [-0.2, -0.15) is 10.4 Å². The number of carbonyl (C=O) groups is 1. The summed E-state index contributed by atoms with van der Waals surface area (Å²) in [6.07, 6.45) is 9.65. The Hall–Kier alpha value is -2.33. The Balaban J connectivity index is 1.54. The highest BCUT2D eigenvalue weighted by Crippen LogP contribution is 2.55. The number of rotatable bonds is 7. The lowest BCUT2D eigenvalue weighted by Gasteiger charge is -2.58. The van der Waals surface area contributed by atoms with Crippen LogP contribution in [0.1, 0.15) is 70.2 Å². The second-order valence-corrected chi connectivity index (χ2v) is 10.9. The molecular formula is C24H34N4O3. The van der Waals surface area contributed by atoms with Gasteiger partial charge >= 0.3 is 0 Å². The van der Waals surface area contributed by atoms with Gasteiger partial charge in [0.2, 0.25) is 5.88 Å². The van der Waals surface area contributed by atoms with Gasteiger partial charge in [-0.05, 0) is 75.7 Å². The molecule has 1 aromatic heterocycles. The summed E-state index contributed by atoms with van der Waals surface area (Å²) in [5.41, 5.74) is -0.760. The minimum atomic E-state index is -0.648. The van der Waals surface area contributed by atoms with Crippen molar-refractivity contribution in [3.63, 3.8) is 0 Å². The van der Waals surface area contributed by atoms with Gasteiger partial charge in [0.1, 0.15) is 5.56 Å². The number of nitrogens with one attached hydrogen (secondary N) is 1. The topological polar surface area (TPSA) is 100 Å². The molecule has 0 aliphatic heterocycles. The third-order valence-corrected chi connectivity index (χ3v) is 7.01. The van der Waals surface area contributed by atoms with Crippen molar-refractivity contribution < 1.29 is 14.6 Å². The number of hydrogen-bond acceptors (Lipinski definition) is 5. The number of nitrogens with zero attached hydrogens (tertiary/aromatic N) is 3. The first-order valence-electron chi connectivity index (χ1n) is 11.4. The van der Waals surface area contributed by atoms with Gasteiger partial charge in [0, 0.05) is 12.2 Å². The normalized spacial score (nSPS) is 31.9. The fourth-order valence-electron chi connectivity index (χ4n) is 5.74. The summed E-state index contributed by atoms with van der Waals surface area (Å²) in [7, 11) is 0. The van der Waals surface area contributed by atoms with Crippen LogP contribution in [0.5, 0.6) is 5.88 Å². The largest absolute Gasteiger partial charge is 0.477 e.